The summed E-state index contributed by atoms with van der Waals surface area (Å²) in [6, 6.07) is 5.96. The number of nitrogens with zero attached hydrogens (tertiary/aromatic N) is 3. The molecule has 16 heteroatoms. The van der Waals surface area contributed by atoms with Crippen molar-refractivity contribution in [3.63, 3.8) is 0 Å². The molecule has 230 valence electrons. The van der Waals surface area contributed by atoms with Gasteiger partial charge in [-0.05, 0) is 56.7 Å². The maximum Gasteiger partial charge on any atom is 0.416 e. The molecule has 2 aromatic rings. The van der Waals surface area contributed by atoms with Crippen LogP contribution in [0.2, 0.25) is 0 Å². The number of amides is 2. The van der Waals surface area contributed by atoms with Crippen molar-refractivity contribution >= 4 is 33.4 Å². The van der Waals surface area contributed by atoms with E-state index < -0.39 is 62.8 Å². The molecule has 2 aliphatic rings. The van der Waals surface area contributed by atoms with Crippen molar-refractivity contribution in [3.05, 3.63) is 48.0 Å². The third kappa shape index (κ3) is 5.94. The molecule has 1 atom stereocenters. The smallest absolute Gasteiger partial charge is 0.416 e. The Bertz CT molecular complexity index is 1480. The van der Waals surface area contributed by atoms with Gasteiger partial charge in [0.2, 0.25) is 5.91 Å². The first-order chi connectivity index (χ1) is 19.3. The van der Waals surface area contributed by atoms with E-state index in [4.69, 9.17) is 4.74 Å². The molecule has 2 heterocycles. The summed E-state index contributed by atoms with van der Waals surface area (Å²) in [6.45, 7) is 1.50. The van der Waals surface area contributed by atoms with E-state index in [0.29, 0.717) is 49.7 Å². The summed E-state index contributed by atoms with van der Waals surface area (Å²) in [5.74, 6) is -0.237. The third-order valence-electron chi connectivity index (χ3n) is 7.22. The van der Waals surface area contributed by atoms with Gasteiger partial charge in [-0.15, -0.1) is 0 Å². The second kappa shape index (κ2) is 10.9. The van der Waals surface area contributed by atoms with E-state index in [2.05, 4.69) is 0 Å². The van der Waals surface area contributed by atoms with Gasteiger partial charge in [0.25, 0.3) is 10.0 Å². The van der Waals surface area contributed by atoms with Gasteiger partial charge in [0.1, 0.15) is 17.4 Å². The first kappa shape index (κ1) is 31.3. The van der Waals surface area contributed by atoms with Gasteiger partial charge in [-0.1, -0.05) is 6.07 Å². The number of halogens is 6. The quantitative estimate of drug-likeness (QED) is 0.409. The number of ether oxygens (including phenoxy) is 1. The highest BCUT2D eigenvalue weighted by Gasteiger charge is 2.54. The van der Waals surface area contributed by atoms with Gasteiger partial charge in [-0.3, -0.25) is 14.0 Å². The van der Waals surface area contributed by atoms with Gasteiger partial charge in [-0.25, -0.2) is 13.2 Å². The number of hydrogen-bond donors (Lipinski definition) is 1. The number of fused-ring (bicyclic) bond motifs is 1. The Morgan fingerprint density at radius 1 is 1.10 bits per heavy atom. The maximum atomic E-state index is 13.8. The molecule has 0 aromatic heterocycles. The molecule has 2 aromatic carbocycles. The second-order valence-electron chi connectivity index (χ2n) is 10.4. The van der Waals surface area contributed by atoms with Gasteiger partial charge in [0.05, 0.1) is 28.4 Å². The molecule has 9 nitrogen and oxygen atoms in total. The van der Waals surface area contributed by atoms with E-state index in [1.165, 1.54) is 0 Å². The topological polar surface area (TPSA) is 107 Å². The second-order valence-corrected chi connectivity index (χ2v) is 12.3. The van der Waals surface area contributed by atoms with Crippen molar-refractivity contribution in [2.45, 2.75) is 62.0 Å². The van der Waals surface area contributed by atoms with Gasteiger partial charge >= 0.3 is 18.4 Å². The van der Waals surface area contributed by atoms with Crippen LogP contribution in [-0.2, 0) is 21.0 Å². The van der Waals surface area contributed by atoms with Crippen molar-refractivity contribution in [2.75, 3.05) is 28.8 Å². The van der Waals surface area contributed by atoms with Crippen LogP contribution in [0.25, 0.3) is 0 Å². The Labute approximate surface area is 237 Å². The van der Waals surface area contributed by atoms with Crippen LogP contribution in [0.5, 0.6) is 5.75 Å². The van der Waals surface area contributed by atoms with E-state index in [-0.39, 0.29) is 35.2 Å². The normalized spacial score (nSPS) is 18.1. The van der Waals surface area contributed by atoms with Crippen LogP contribution in [0.1, 0.15) is 38.7 Å². The molecular weight excluding hydrogens is 596 g/mol. The first-order valence-electron chi connectivity index (χ1n) is 12.7. The Morgan fingerprint density at radius 3 is 2.36 bits per heavy atom. The fourth-order valence-electron chi connectivity index (χ4n) is 4.82. The lowest BCUT2D eigenvalue weighted by Crippen LogP contribution is -2.57. The highest BCUT2D eigenvalue weighted by atomic mass is 32.2. The molecule has 0 radical (unpaired) electrons. The monoisotopic (exact) mass is 623 g/mol. The molecule has 0 saturated carbocycles. The number of alkyl halides is 6. The Kier molecular flexibility index (Phi) is 8.08. The highest BCUT2D eigenvalue weighted by Crippen LogP contribution is 2.44. The van der Waals surface area contributed by atoms with Crippen molar-refractivity contribution in [1.29, 1.82) is 0 Å². The maximum absolute atomic E-state index is 13.8. The minimum Gasteiger partial charge on any atom is -0.486 e. The molecule has 4 rings (SSSR count). The molecule has 1 saturated heterocycles. The van der Waals surface area contributed by atoms with E-state index in [0.717, 1.165) is 30.3 Å². The van der Waals surface area contributed by atoms with Gasteiger partial charge in [0, 0.05) is 25.9 Å². The van der Waals surface area contributed by atoms with Gasteiger partial charge in [-0.2, -0.15) is 26.3 Å². The largest absolute Gasteiger partial charge is 0.486 e. The van der Waals surface area contributed by atoms with E-state index in [1.807, 2.05) is 0 Å². The molecule has 2 amide bonds. The number of likely N-dealkylation sites (tertiary alicyclic amines) is 1. The highest BCUT2D eigenvalue weighted by molar-refractivity contribution is 7.92. The summed E-state index contributed by atoms with van der Waals surface area (Å²) in [5.41, 5.74) is -5.09. The predicted molar refractivity (Wildman–Crippen MR) is 138 cm³/mol. The average molecular weight is 624 g/mol. The number of carbonyl (C=O) groups is 2. The zero-order valence-electron chi connectivity index (χ0n) is 22.4. The van der Waals surface area contributed by atoms with Gasteiger partial charge < -0.3 is 14.7 Å². The van der Waals surface area contributed by atoms with Crippen molar-refractivity contribution < 1.29 is 54.2 Å². The van der Waals surface area contributed by atoms with Crippen molar-refractivity contribution in [2.24, 2.45) is 0 Å². The lowest BCUT2D eigenvalue weighted by Gasteiger charge is -2.40. The lowest BCUT2D eigenvalue weighted by molar-refractivity contribution is -0.175. The van der Waals surface area contributed by atoms with Crippen molar-refractivity contribution in [1.82, 2.24) is 4.90 Å². The number of carboxylic acid groups (broad SMARTS) is 1. The minimum absolute atomic E-state index is 0.0213. The molecule has 0 bridgehead atoms. The summed E-state index contributed by atoms with van der Waals surface area (Å²) in [6.07, 6.45) is -11.6. The van der Waals surface area contributed by atoms with Crippen LogP contribution in [-0.4, -0.2) is 67.9 Å². The molecule has 0 aliphatic carbocycles. The van der Waals surface area contributed by atoms with E-state index in [1.54, 1.807) is 4.90 Å². The van der Waals surface area contributed by atoms with E-state index in [9.17, 15) is 49.5 Å². The van der Waals surface area contributed by atoms with Crippen LogP contribution in [0.4, 0.5) is 42.5 Å². The molecule has 2 aliphatic heterocycles. The molecule has 42 heavy (non-hydrogen) atoms. The zero-order chi connectivity index (χ0) is 31.3. The Balaban J connectivity index is 1.80. The predicted octanol–water partition coefficient (Wildman–Crippen LogP) is 5.50. The fourth-order valence-corrected chi connectivity index (χ4v) is 6.36. The lowest BCUT2D eigenvalue weighted by atomic mass is 10.0. The number of sulfonamides is 1. The Hall–Kier alpha value is -3.69. The fraction of sp³-hybridized carbons (Fsp3) is 0.462. The zero-order valence-corrected chi connectivity index (χ0v) is 23.2. The third-order valence-corrected chi connectivity index (χ3v) is 8.99. The number of anilines is 2. The van der Waals surface area contributed by atoms with Gasteiger partial charge in [0.15, 0.2) is 0 Å². The van der Waals surface area contributed by atoms with Crippen LogP contribution in [0.15, 0.2) is 47.4 Å². The van der Waals surface area contributed by atoms with E-state index >= 15 is 0 Å². The number of benzene rings is 2. The minimum atomic E-state index is -5.03. The van der Waals surface area contributed by atoms with Crippen molar-refractivity contribution in [3.8, 4) is 5.75 Å². The van der Waals surface area contributed by atoms with Crippen LogP contribution in [0.3, 0.4) is 0 Å². The SMILES string of the molecule is CC(C)(N(C(=O)O)c1ccc2c(c1)N(S(=O)(=O)c1cccc(C(F)(F)F)c1)C[C@@H](CCN1CCCC1=O)O2)C(F)(F)F. The summed E-state index contributed by atoms with van der Waals surface area (Å²) < 4.78 is 116. The molecule has 1 fully saturated rings. The van der Waals surface area contributed by atoms with Crippen LogP contribution >= 0.6 is 0 Å². The number of rotatable bonds is 7. The molecule has 1 N–H and O–H groups in total. The molecule has 0 spiro atoms. The summed E-state index contributed by atoms with van der Waals surface area (Å²) in [5, 5.41) is 9.70. The Morgan fingerprint density at radius 2 is 1.79 bits per heavy atom. The van der Waals surface area contributed by atoms with Crippen LogP contribution in [0, 0.1) is 0 Å². The summed E-state index contributed by atoms with van der Waals surface area (Å²) >= 11 is 0. The summed E-state index contributed by atoms with van der Waals surface area (Å²) in [4.78, 5) is 24.9. The first-order valence-corrected chi connectivity index (χ1v) is 14.2. The summed E-state index contributed by atoms with van der Waals surface area (Å²) in [7, 11) is -4.78. The number of hydrogen-bond acceptors (Lipinski definition) is 5. The average Bonchev–Trinajstić information content (AvgIpc) is 3.30. The standard InChI is InChI=1S/C26H27F6N3O6S/c1-24(2,26(30,31)32)35(23(37)38)17-8-9-21-20(14-17)34(15-18(41-21)10-12-33-11-4-7-22(33)36)42(39,40)19-6-3-5-16(13-19)25(27,28)29/h3,5-6,8-9,13-14,18H,4,7,10-12,15H2,1-2H3,(H,37,38)/t18-/m1/s1. The molecular formula is C26H27F6N3O6S. The molecule has 0 unspecified atom stereocenters. The number of carbonyl (C=O) groups excluding carboxylic acids is 1. The van der Waals surface area contributed by atoms with Crippen LogP contribution < -0.4 is 13.9 Å².